The van der Waals surface area contributed by atoms with Gasteiger partial charge in [-0.2, -0.15) is 0 Å². The summed E-state index contributed by atoms with van der Waals surface area (Å²) in [5.74, 6) is 1.17. The Balaban J connectivity index is 2.18. The van der Waals surface area contributed by atoms with Crippen molar-refractivity contribution in [2.45, 2.75) is 72.3 Å². The van der Waals surface area contributed by atoms with Crippen LogP contribution in [0.25, 0.3) is 0 Å². The van der Waals surface area contributed by atoms with Crippen molar-refractivity contribution in [3.63, 3.8) is 0 Å². The van der Waals surface area contributed by atoms with Crippen LogP contribution in [-0.2, 0) is 13.0 Å². The van der Waals surface area contributed by atoms with E-state index in [0.717, 1.165) is 13.0 Å². The van der Waals surface area contributed by atoms with Gasteiger partial charge in [-0.3, -0.25) is 0 Å². The van der Waals surface area contributed by atoms with Gasteiger partial charge in [-0.25, -0.2) is 4.98 Å². The number of imidazole rings is 1. The van der Waals surface area contributed by atoms with Crippen molar-refractivity contribution in [2.24, 2.45) is 0 Å². The monoisotopic (exact) mass is 222 g/mol. The lowest BCUT2D eigenvalue weighted by atomic mass is 10.1. The molecule has 0 saturated carbocycles. The average Bonchev–Trinajstić information content (AvgIpc) is 2.65. The number of aryl methyl sites for hydroxylation is 3. The van der Waals surface area contributed by atoms with Gasteiger partial charge in [0.1, 0.15) is 5.82 Å². The molecule has 0 radical (unpaired) electrons. The Morgan fingerprint density at radius 2 is 1.75 bits per heavy atom. The summed E-state index contributed by atoms with van der Waals surface area (Å²) in [5, 5.41) is 0. The maximum atomic E-state index is 4.52. The summed E-state index contributed by atoms with van der Waals surface area (Å²) in [6.45, 7) is 7.68. The molecule has 0 aliphatic heterocycles. The maximum absolute atomic E-state index is 4.52. The smallest absolute Gasteiger partial charge is 0.105 e. The molecule has 0 bridgehead atoms. The van der Waals surface area contributed by atoms with E-state index < -0.39 is 0 Å². The molecular formula is C14H26N2. The highest BCUT2D eigenvalue weighted by Crippen LogP contribution is 2.09. The second-order valence-electron chi connectivity index (χ2n) is 4.59. The molecular weight excluding hydrogens is 196 g/mol. The van der Waals surface area contributed by atoms with Crippen molar-refractivity contribution in [3.8, 4) is 0 Å². The van der Waals surface area contributed by atoms with Crippen molar-refractivity contribution in [1.82, 2.24) is 9.55 Å². The van der Waals surface area contributed by atoms with Gasteiger partial charge in [-0.1, -0.05) is 46.0 Å². The minimum atomic E-state index is 1.05. The minimum absolute atomic E-state index is 1.05. The normalized spacial score (nSPS) is 10.9. The molecule has 0 N–H and O–H groups in total. The van der Waals surface area contributed by atoms with Gasteiger partial charge in [-0.05, 0) is 19.8 Å². The third-order valence-electron chi connectivity index (χ3n) is 3.14. The Bertz CT molecular complexity index is 289. The lowest BCUT2D eigenvalue weighted by Gasteiger charge is -2.04. The second-order valence-corrected chi connectivity index (χ2v) is 4.59. The molecule has 2 nitrogen and oxygen atoms in total. The lowest BCUT2D eigenvalue weighted by Crippen LogP contribution is -1.98. The molecule has 1 aromatic heterocycles. The highest BCUT2D eigenvalue weighted by atomic mass is 15.1. The Kier molecular flexibility index (Phi) is 6.20. The number of nitrogens with zero attached hydrogens (tertiary/aromatic N) is 2. The predicted octanol–water partition coefficient (Wildman–Crippen LogP) is 4.11. The van der Waals surface area contributed by atoms with Crippen molar-refractivity contribution in [1.29, 1.82) is 0 Å². The molecule has 16 heavy (non-hydrogen) atoms. The van der Waals surface area contributed by atoms with Gasteiger partial charge in [0.2, 0.25) is 0 Å². The summed E-state index contributed by atoms with van der Waals surface area (Å²) >= 11 is 0. The zero-order valence-corrected chi connectivity index (χ0v) is 11.1. The van der Waals surface area contributed by atoms with Gasteiger partial charge in [0, 0.05) is 12.7 Å². The summed E-state index contributed by atoms with van der Waals surface area (Å²) in [6.07, 6.45) is 11.4. The quantitative estimate of drug-likeness (QED) is 0.605. The first-order valence-electron chi connectivity index (χ1n) is 6.80. The van der Waals surface area contributed by atoms with Crippen molar-refractivity contribution >= 4 is 0 Å². The third kappa shape index (κ3) is 4.38. The van der Waals surface area contributed by atoms with E-state index in [0.29, 0.717) is 0 Å². The van der Waals surface area contributed by atoms with Crippen LogP contribution in [0.5, 0.6) is 0 Å². The molecule has 0 aliphatic carbocycles. The Hall–Kier alpha value is -0.790. The summed E-state index contributed by atoms with van der Waals surface area (Å²) in [7, 11) is 0. The summed E-state index contributed by atoms with van der Waals surface area (Å²) in [6, 6.07) is 0. The molecule has 92 valence electrons. The minimum Gasteiger partial charge on any atom is -0.335 e. The molecule has 0 atom stereocenters. The summed E-state index contributed by atoms with van der Waals surface area (Å²) in [5.41, 5.74) is 1.23. The van der Waals surface area contributed by atoms with Crippen LogP contribution in [0.1, 0.15) is 63.9 Å². The van der Waals surface area contributed by atoms with Crippen molar-refractivity contribution in [3.05, 3.63) is 17.7 Å². The summed E-state index contributed by atoms with van der Waals surface area (Å²) in [4.78, 5) is 4.52. The molecule has 2 heteroatoms. The Morgan fingerprint density at radius 1 is 1.06 bits per heavy atom. The van der Waals surface area contributed by atoms with Gasteiger partial charge in [0.15, 0.2) is 0 Å². The van der Waals surface area contributed by atoms with Crippen LogP contribution in [0.4, 0.5) is 0 Å². The molecule has 1 heterocycles. The van der Waals surface area contributed by atoms with Gasteiger partial charge in [-0.15, -0.1) is 0 Å². The Labute approximate surface area is 100 Å². The number of unbranched alkanes of at least 4 members (excludes halogenated alkanes) is 5. The SMILES string of the molecule is CCCCCCCCn1cc(CC)nc1C. The first-order chi connectivity index (χ1) is 7.77. The number of hydrogen-bond acceptors (Lipinski definition) is 1. The van der Waals surface area contributed by atoms with Crippen LogP contribution in [0.2, 0.25) is 0 Å². The highest BCUT2D eigenvalue weighted by Gasteiger charge is 2.01. The fraction of sp³-hybridized carbons (Fsp3) is 0.786. The van der Waals surface area contributed by atoms with Crippen LogP contribution in [0.15, 0.2) is 6.20 Å². The zero-order valence-electron chi connectivity index (χ0n) is 11.1. The zero-order chi connectivity index (χ0) is 11.8. The van der Waals surface area contributed by atoms with E-state index in [2.05, 4.69) is 36.5 Å². The number of aromatic nitrogens is 2. The largest absolute Gasteiger partial charge is 0.335 e. The van der Waals surface area contributed by atoms with E-state index in [-0.39, 0.29) is 0 Å². The van der Waals surface area contributed by atoms with E-state index >= 15 is 0 Å². The first kappa shape index (κ1) is 13.3. The fourth-order valence-electron chi connectivity index (χ4n) is 2.03. The van der Waals surface area contributed by atoms with Gasteiger partial charge in [0.25, 0.3) is 0 Å². The third-order valence-corrected chi connectivity index (χ3v) is 3.14. The highest BCUT2D eigenvalue weighted by molar-refractivity contribution is 5.02. The number of hydrogen-bond donors (Lipinski definition) is 0. The lowest BCUT2D eigenvalue weighted by molar-refractivity contribution is 0.551. The van der Waals surface area contributed by atoms with E-state index in [1.54, 1.807) is 0 Å². The molecule has 0 amide bonds. The van der Waals surface area contributed by atoms with Crippen molar-refractivity contribution < 1.29 is 0 Å². The van der Waals surface area contributed by atoms with Gasteiger partial charge < -0.3 is 4.57 Å². The molecule has 0 spiro atoms. The van der Waals surface area contributed by atoms with E-state index in [1.807, 2.05) is 0 Å². The second kappa shape index (κ2) is 7.48. The van der Waals surface area contributed by atoms with Crippen LogP contribution in [-0.4, -0.2) is 9.55 Å². The van der Waals surface area contributed by atoms with E-state index in [1.165, 1.54) is 50.0 Å². The molecule has 0 saturated heterocycles. The molecule has 0 fully saturated rings. The Morgan fingerprint density at radius 3 is 2.38 bits per heavy atom. The maximum Gasteiger partial charge on any atom is 0.105 e. The molecule has 1 rings (SSSR count). The fourth-order valence-corrected chi connectivity index (χ4v) is 2.03. The first-order valence-corrected chi connectivity index (χ1v) is 6.80. The van der Waals surface area contributed by atoms with Crippen LogP contribution >= 0.6 is 0 Å². The molecule has 0 aliphatic rings. The van der Waals surface area contributed by atoms with Gasteiger partial charge >= 0.3 is 0 Å². The summed E-state index contributed by atoms with van der Waals surface area (Å²) < 4.78 is 2.30. The molecule has 0 aromatic carbocycles. The predicted molar refractivity (Wildman–Crippen MR) is 69.7 cm³/mol. The van der Waals surface area contributed by atoms with Gasteiger partial charge in [0.05, 0.1) is 5.69 Å². The standard InChI is InChI=1S/C14H26N2/c1-4-6-7-8-9-10-11-16-12-14(5-2)15-13(16)3/h12H,4-11H2,1-3H3. The molecule has 0 unspecified atom stereocenters. The van der Waals surface area contributed by atoms with Crippen LogP contribution in [0, 0.1) is 6.92 Å². The van der Waals surface area contributed by atoms with Crippen LogP contribution in [0.3, 0.4) is 0 Å². The van der Waals surface area contributed by atoms with E-state index in [4.69, 9.17) is 0 Å². The topological polar surface area (TPSA) is 17.8 Å². The average molecular weight is 222 g/mol. The van der Waals surface area contributed by atoms with E-state index in [9.17, 15) is 0 Å². The van der Waals surface area contributed by atoms with Crippen LogP contribution < -0.4 is 0 Å². The number of rotatable bonds is 8. The van der Waals surface area contributed by atoms with Crippen molar-refractivity contribution in [2.75, 3.05) is 0 Å². The molecule has 1 aromatic rings.